The fourth-order valence-corrected chi connectivity index (χ4v) is 3.31. The van der Waals surface area contributed by atoms with Gasteiger partial charge in [0, 0.05) is 25.7 Å². The molecule has 0 aromatic carbocycles. The van der Waals surface area contributed by atoms with Crippen molar-refractivity contribution in [3.63, 3.8) is 0 Å². The highest BCUT2D eigenvalue weighted by atomic mass is 16.6. The number of nitrogens with one attached hydrogen (secondary N) is 1. The SMILES string of the molecule is COCCCNC(=O)[C@@]12CC[C@@](C)(C(=O)O1)C2(C)C. The summed E-state index contributed by atoms with van der Waals surface area (Å²) in [5.74, 6) is -0.404. The maximum absolute atomic E-state index is 12.5. The number of hydrogen-bond acceptors (Lipinski definition) is 4. The van der Waals surface area contributed by atoms with E-state index in [0.717, 1.165) is 6.42 Å². The summed E-state index contributed by atoms with van der Waals surface area (Å²) in [5.41, 5.74) is -2.01. The molecule has 0 aromatic rings. The third kappa shape index (κ3) is 1.71. The van der Waals surface area contributed by atoms with Crippen LogP contribution in [0.3, 0.4) is 0 Å². The van der Waals surface area contributed by atoms with Crippen LogP contribution in [0.2, 0.25) is 0 Å². The standard InChI is InChI=1S/C14H23NO4/c1-12(2)13(3)6-7-14(12,19-11(13)17)10(16)15-8-5-9-18-4/h5-9H2,1-4H3,(H,15,16)/t13-,14+/m0/s1. The van der Waals surface area contributed by atoms with Gasteiger partial charge in [-0.25, -0.2) is 0 Å². The molecule has 2 rings (SSSR count). The van der Waals surface area contributed by atoms with Crippen LogP contribution in [0.1, 0.15) is 40.0 Å². The lowest BCUT2D eigenvalue weighted by Crippen LogP contribution is -2.53. The molecule has 5 nitrogen and oxygen atoms in total. The third-order valence-corrected chi connectivity index (χ3v) is 5.26. The first kappa shape index (κ1) is 14.3. The van der Waals surface area contributed by atoms with Gasteiger partial charge < -0.3 is 14.8 Å². The van der Waals surface area contributed by atoms with E-state index in [4.69, 9.17) is 9.47 Å². The monoisotopic (exact) mass is 269 g/mol. The first-order chi connectivity index (χ1) is 8.82. The quantitative estimate of drug-likeness (QED) is 0.603. The molecular weight excluding hydrogens is 246 g/mol. The summed E-state index contributed by atoms with van der Waals surface area (Å²) >= 11 is 0. The van der Waals surface area contributed by atoms with E-state index >= 15 is 0 Å². The molecule has 1 aliphatic heterocycles. The van der Waals surface area contributed by atoms with Gasteiger partial charge in [0.2, 0.25) is 0 Å². The van der Waals surface area contributed by atoms with Crippen molar-refractivity contribution in [1.82, 2.24) is 5.32 Å². The van der Waals surface area contributed by atoms with Crippen LogP contribution in [0.5, 0.6) is 0 Å². The van der Waals surface area contributed by atoms with Crippen LogP contribution in [-0.2, 0) is 19.1 Å². The number of esters is 1. The van der Waals surface area contributed by atoms with Crippen LogP contribution in [0.15, 0.2) is 0 Å². The molecule has 0 aromatic heterocycles. The van der Waals surface area contributed by atoms with E-state index in [1.165, 1.54) is 0 Å². The minimum absolute atomic E-state index is 0.164. The predicted octanol–water partition coefficient (Wildman–Crippen LogP) is 1.26. The maximum Gasteiger partial charge on any atom is 0.313 e. The molecule has 2 fully saturated rings. The molecule has 2 bridgehead atoms. The number of ether oxygens (including phenoxy) is 2. The van der Waals surface area contributed by atoms with Crippen LogP contribution in [0.4, 0.5) is 0 Å². The Morgan fingerprint density at radius 1 is 1.37 bits per heavy atom. The second kappa shape index (κ2) is 4.47. The van der Waals surface area contributed by atoms with Gasteiger partial charge in [0.15, 0.2) is 5.60 Å². The van der Waals surface area contributed by atoms with Crippen molar-refractivity contribution in [3.8, 4) is 0 Å². The summed E-state index contributed by atoms with van der Waals surface area (Å²) in [6.07, 6.45) is 2.08. The van der Waals surface area contributed by atoms with Gasteiger partial charge >= 0.3 is 5.97 Å². The van der Waals surface area contributed by atoms with Crippen LogP contribution in [-0.4, -0.2) is 37.7 Å². The minimum atomic E-state index is -0.994. The van der Waals surface area contributed by atoms with Gasteiger partial charge in [-0.2, -0.15) is 0 Å². The van der Waals surface area contributed by atoms with Crippen LogP contribution >= 0.6 is 0 Å². The average molecular weight is 269 g/mol. The van der Waals surface area contributed by atoms with E-state index in [-0.39, 0.29) is 11.9 Å². The number of rotatable bonds is 5. The largest absolute Gasteiger partial charge is 0.448 e. The summed E-state index contributed by atoms with van der Waals surface area (Å²) in [6, 6.07) is 0. The highest BCUT2D eigenvalue weighted by Gasteiger charge is 2.75. The lowest BCUT2D eigenvalue weighted by atomic mass is 9.66. The molecule has 5 heteroatoms. The van der Waals surface area contributed by atoms with Crippen molar-refractivity contribution >= 4 is 11.9 Å². The molecule has 0 radical (unpaired) electrons. The number of carbonyl (C=O) groups excluding carboxylic acids is 2. The molecule has 2 aliphatic rings. The average Bonchev–Trinajstić information content (AvgIpc) is 2.65. The molecule has 1 heterocycles. The number of fused-ring (bicyclic) bond motifs is 2. The lowest BCUT2D eigenvalue weighted by molar-refractivity contribution is -0.168. The number of methoxy groups -OCH3 is 1. The van der Waals surface area contributed by atoms with Gasteiger partial charge in [-0.1, -0.05) is 13.8 Å². The van der Waals surface area contributed by atoms with Gasteiger partial charge in [-0.3, -0.25) is 9.59 Å². The zero-order valence-corrected chi connectivity index (χ0v) is 12.2. The van der Waals surface area contributed by atoms with E-state index in [0.29, 0.717) is 26.0 Å². The molecule has 1 N–H and O–H groups in total. The van der Waals surface area contributed by atoms with Crippen molar-refractivity contribution in [2.75, 3.05) is 20.3 Å². The molecule has 0 unspecified atom stereocenters. The Hall–Kier alpha value is -1.10. The Labute approximate surface area is 114 Å². The van der Waals surface area contributed by atoms with E-state index in [2.05, 4.69) is 5.32 Å². The number of amides is 1. The number of hydrogen-bond donors (Lipinski definition) is 1. The highest BCUT2D eigenvalue weighted by molar-refractivity contribution is 5.96. The molecule has 1 amide bonds. The van der Waals surface area contributed by atoms with E-state index in [1.54, 1.807) is 7.11 Å². The van der Waals surface area contributed by atoms with Gasteiger partial charge in [-0.15, -0.1) is 0 Å². The molecule has 108 valence electrons. The molecule has 19 heavy (non-hydrogen) atoms. The fourth-order valence-electron chi connectivity index (χ4n) is 3.31. The molecular formula is C14H23NO4. The van der Waals surface area contributed by atoms with Crippen molar-refractivity contribution in [1.29, 1.82) is 0 Å². The van der Waals surface area contributed by atoms with Gasteiger partial charge in [0.25, 0.3) is 5.91 Å². The summed E-state index contributed by atoms with van der Waals surface area (Å²) in [4.78, 5) is 24.5. The van der Waals surface area contributed by atoms with Crippen LogP contribution in [0, 0.1) is 10.8 Å². The normalized spacial score (nSPS) is 35.3. The Morgan fingerprint density at radius 2 is 2.05 bits per heavy atom. The second-order valence-electron chi connectivity index (χ2n) is 6.28. The second-order valence-corrected chi connectivity index (χ2v) is 6.28. The van der Waals surface area contributed by atoms with Crippen molar-refractivity contribution in [3.05, 3.63) is 0 Å². The summed E-state index contributed by atoms with van der Waals surface area (Å²) < 4.78 is 10.4. The summed E-state index contributed by atoms with van der Waals surface area (Å²) in [5, 5.41) is 2.88. The maximum atomic E-state index is 12.5. The van der Waals surface area contributed by atoms with Crippen LogP contribution in [0.25, 0.3) is 0 Å². The zero-order chi connectivity index (χ0) is 14.3. The van der Waals surface area contributed by atoms with Gasteiger partial charge in [0.05, 0.1) is 5.41 Å². The summed E-state index contributed by atoms with van der Waals surface area (Å²) in [6.45, 7) is 6.97. The first-order valence-electron chi connectivity index (χ1n) is 6.82. The van der Waals surface area contributed by atoms with E-state index in [1.807, 2.05) is 20.8 Å². The van der Waals surface area contributed by atoms with Gasteiger partial charge in [0.1, 0.15) is 0 Å². The molecule has 1 saturated heterocycles. The zero-order valence-electron chi connectivity index (χ0n) is 12.2. The third-order valence-electron chi connectivity index (χ3n) is 5.26. The Morgan fingerprint density at radius 3 is 2.53 bits per heavy atom. The fraction of sp³-hybridized carbons (Fsp3) is 0.857. The van der Waals surface area contributed by atoms with Crippen LogP contribution < -0.4 is 5.32 Å². The van der Waals surface area contributed by atoms with Crippen molar-refractivity contribution in [2.24, 2.45) is 10.8 Å². The highest BCUT2D eigenvalue weighted by Crippen LogP contribution is 2.65. The Bertz CT molecular complexity index is 406. The number of carbonyl (C=O) groups is 2. The Kier molecular flexibility index (Phi) is 3.37. The predicted molar refractivity (Wildman–Crippen MR) is 69.4 cm³/mol. The molecule has 1 saturated carbocycles. The molecule has 2 atom stereocenters. The van der Waals surface area contributed by atoms with Crippen molar-refractivity contribution in [2.45, 2.75) is 45.6 Å². The first-order valence-corrected chi connectivity index (χ1v) is 6.82. The van der Waals surface area contributed by atoms with E-state index in [9.17, 15) is 9.59 Å². The molecule has 0 spiro atoms. The van der Waals surface area contributed by atoms with E-state index < -0.39 is 16.4 Å². The molecule has 1 aliphatic carbocycles. The topological polar surface area (TPSA) is 64.6 Å². The summed E-state index contributed by atoms with van der Waals surface area (Å²) in [7, 11) is 1.63. The minimum Gasteiger partial charge on any atom is -0.448 e. The smallest absolute Gasteiger partial charge is 0.313 e. The Balaban J connectivity index is 2.11. The lowest BCUT2D eigenvalue weighted by Gasteiger charge is -2.35. The van der Waals surface area contributed by atoms with Crippen molar-refractivity contribution < 1.29 is 19.1 Å². The van der Waals surface area contributed by atoms with Gasteiger partial charge in [-0.05, 0) is 26.2 Å².